The summed E-state index contributed by atoms with van der Waals surface area (Å²) in [6.45, 7) is 3.10. The van der Waals surface area contributed by atoms with E-state index in [1.165, 1.54) is 43.4 Å². The minimum absolute atomic E-state index is 0.688. The summed E-state index contributed by atoms with van der Waals surface area (Å²) in [6.07, 6.45) is 7.50. The number of hydrogen-bond acceptors (Lipinski definition) is 2. The number of piperidine rings is 1. The van der Waals surface area contributed by atoms with Crippen molar-refractivity contribution in [3.05, 3.63) is 60.2 Å². The SMILES string of the molecule is OC1(c2ccc(-c3ccccc3)cc2)CCCN(CC2CCCC2)C1. The lowest BCUT2D eigenvalue weighted by atomic mass is 9.84. The van der Waals surface area contributed by atoms with Crippen molar-refractivity contribution in [2.45, 2.75) is 44.1 Å². The van der Waals surface area contributed by atoms with E-state index in [0.717, 1.165) is 37.4 Å². The first-order valence-electron chi connectivity index (χ1n) is 9.84. The van der Waals surface area contributed by atoms with Gasteiger partial charge in [-0.1, -0.05) is 67.4 Å². The molecule has 132 valence electrons. The number of benzene rings is 2. The quantitative estimate of drug-likeness (QED) is 0.865. The van der Waals surface area contributed by atoms with E-state index in [-0.39, 0.29) is 0 Å². The zero-order valence-corrected chi connectivity index (χ0v) is 15.0. The molecule has 0 aromatic heterocycles. The zero-order valence-electron chi connectivity index (χ0n) is 15.0. The van der Waals surface area contributed by atoms with Crippen molar-refractivity contribution >= 4 is 0 Å². The lowest BCUT2D eigenvalue weighted by Crippen LogP contribution is -2.47. The molecule has 0 bridgehead atoms. The summed E-state index contributed by atoms with van der Waals surface area (Å²) in [7, 11) is 0. The molecule has 25 heavy (non-hydrogen) atoms. The van der Waals surface area contributed by atoms with Crippen molar-refractivity contribution in [3.8, 4) is 11.1 Å². The fraction of sp³-hybridized carbons (Fsp3) is 0.478. The van der Waals surface area contributed by atoms with Crippen molar-refractivity contribution in [3.63, 3.8) is 0 Å². The molecule has 1 heterocycles. The Kier molecular flexibility index (Phi) is 4.91. The minimum atomic E-state index is -0.688. The summed E-state index contributed by atoms with van der Waals surface area (Å²) >= 11 is 0. The second-order valence-corrected chi connectivity index (χ2v) is 7.96. The van der Waals surface area contributed by atoms with Gasteiger partial charge in [0.1, 0.15) is 5.60 Å². The van der Waals surface area contributed by atoms with Crippen LogP contribution in [0.25, 0.3) is 11.1 Å². The Morgan fingerprint density at radius 3 is 2.28 bits per heavy atom. The van der Waals surface area contributed by atoms with Gasteiger partial charge < -0.3 is 5.11 Å². The normalized spacial score (nSPS) is 25.3. The molecule has 2 aliphatic rings. The van der Waals surface area contributed by atoms with E-state index >= 15 is 0 Å². The predicted molar refractivity (Wildman–Crippen MR) is 103 cm³/mol. The van der Waals surface area contributed by atoms with E-state index in [9.17, 15) is 5.11 Å². The highest BCUT2D eigenvalue weighted by molar-refractivity contribution is 5.63. The van der Waals surface area contributed by atoms with Crippen molar-refractivity contribution in [1.29, 1.82) is 0 Å². The smallest absolute Gasteiger partial charge is 0.102 e. The van der Waals surface area contributed by atoms with Gasteiger partial charge in [-0.15, -0.1) is 0 Å². The van der Waals surface area contributed by atoms with Crippen molar-refractivity contribution in [1.82, 2.24) is 4.90 Å². The van der Waals surface area contributed by atoms with Crippen molar-refractivity contribution in [2.24, 2.45) is 5.92 Å². The Hall–Kier alpha value is -1.64. The fourth-order valence-corrected chi connectivity index (χ4v) is 4.68. The lowest BCUT2D eigenvalue weighted by molar-refractivity contribution is -0.0392. The second kappa shape index (κ2) is 7.31. The number of aliphatic hydroxyl groups is 1. The summed E-state index contributed by atoms with van der Waals surface area (Å²) in [6, 6.07) is 19.0. The number of hydrogen-bond donors (Lipinski definition) is 1. The molecule has 1 aliphatic heterocycles. The van der Waals surface area contributed by atoms with Crippen molar-refractivity contribution in [2.75, 3.05) is 19.6 Å². The van der Waals surface area contributed by atoms with E-state index in [1.54, 1.807) is 0 Å². The van der Waals surface area contributed by atoms with Crippen LogP contribution in [0.3, 0.4) is 0 Å². The Morgan fingerprint density at radius 2 is 1.56 bits per heavy atom. The molecule has 0 spiro atoms. The van der Waals surface area contributed by atoms with Crippen LogP contribution in [-0.2, 0) is 5.60 Å². The molecule has 1 saturated heterocycles. The first-order chi connectivity index (χ1) is 12.2. The monoisotopic (exact) mass is 335 g/mol. The Labute approximate surface area is 151 Å². The highest BCUT2D eigenvalue weighted by Crippen LogP contribution is 2.34. The Morgan fingerprint density at radius 1 is 0.880 bits per heavy atom. The van der Waals surface area contributed by atoms with Crippen LogP contribution in [0.4, 0.5) is 0 Å². The number of rotatable bonds is 4. The van der Waals surface area contributed by atoms with Crippen LogP contribution in [0, 0.1) is 5.92 Å². The van der Waals surface area contributed by atoms with Crippen LogP contribution < -0.4 is 0 Å². The molecule has 1 atom stereocenters. The molecule has 0 amide bonds. The van der Waals surface area contributed by atoms with Crippen LogP contribution in [0.2, 0.25) is 0 Å². The average Bonchev–Trinajstić information content (AvgIpc) is 3.16. The third kappa shape index (κ3) is 3.80. The topological polar surface area (TPSA) is 23.5 Å². The molecule has 2 aromatic carbocycles. The fourth-order valence-electron chi connectivity index (χ4n) is 4.68. The molecular formula is C23H29NO. The van der Waals surface area contributed by atoms with Gasteiger partial charge in [0.25, 0.3) is 0 Å². The Balaban J connectivity index is 1.47. The first-order valence-corrected chi connectivity index (χ1v) is 9.84. The largest absolute Gasteiger partial charge is 0.384 e. The van der Waals surface area contributed by atoms with Crippen LogP contribution in [0.15, 0.2) is 54.6 Å². The number of β-amino-alcohol motifs (C(OH)–C–C–N with tert-alkyl or cyclic N) is 1. The highest BCUT2D eigenvalue weighted by Gasteiger charge is 2.35. The zero-order chi connectivity index (χ0) is 17.1. The van der Waals surface area contributed by atoms with Crippen LogP contribution in [0.5, 0.6) is 0 Å². The van der Waals surface area contributed by atoms with E-state index in [0.29, 0.717) is 0 Å². The van der Waals surface area contributed by atoms with Gasteiger partial charge in [0, 0.05) is 13.1 Å². The van der Waals surface area contributed by atoms with Gasteiger partial charge in [0.2, 0.25) is 0 Å². The van der Waals surface area contributed by atoms with E-state index in [1.807, 2.05) is 6.07 Å². The first kappa shape index (κ1) is 16.8. The van der Waals surface area contributed by atoms with Gasteiger partial charge >= 0.3 is 0 Å². The molecule has 1 aliphatic carbocycles. The maximum absolute atomic E-state index is 11.3. The van der Waals surface area contributed by atoms with E-state index < -0.39 is 5.60 Å². The summed E-state index contributed by atoms with van der Waals surface area (Å²) in [5, 5.41) is 11.3. The van der Waals surface area contributed by atoms with E-state index in [4.69, 9.17) is 0 Å². The molecule has 2 fully saturated rings. The summed E-state index contributed by atoms with van der Waals surface area (Å²) < 4.78 is 0. The third-order valence-corrected chi connectivity index (χ3v) is 6.07. The summed E-state index contributed by atoms with van der Waals surface area (Å²) in [5.74, 6) is 0.850. The number of likely N-dealkylation sites (tertiary alicyclic amines) is 1. The molecule has 1 N–H and O–H groups in total. The lowest BCUT2D eigenvalue weighted by Gasteiger charge is -2.40. The van der Waals surface area contributed by atoms with Crippen LogP contribution in [-0.4, -0.2) is 29.6 Å². The van der Waals surface area contributed by atoms with Gasteiger partial charge in [-0.05, 0) is 54.8 Å². The predicted octanol–water partition coefficient (Wildman–Crippen LogP) is 4.83. The second-order valence-electron chi connectivity index (χ2n) is 7.96. The van der Waals surface area contributed by atoms with E-state index in [2.05, 4.69) is 53.4 Å². The molecular weight excluding hydrogens is 306 g/mol. The molecule has 1 saturated carbocycles. The average molecular weight is 335 g/mol. The summed E-state index contributed by atoms with van der Waals surface area (Å²) in [4.78, 5) is 2.50. The van der Waals surface area contributed by atoms with Gasteiger partial charge in [0.15, 0.2) is 0 Å². The Bertz CT molecular complexity index is 675. The third-order valence-electron chi connectivity index (χ3n) is 6.07. The maximum atomic E-state index is 11.3. The number of nitrogens with zero attached hydrogens (tertiary/aromatic N) is 1. The molecule has 1 unspecified atom stereocenters. The van der Waals surface area contributed by atoms with Gasteiger partial charge in [0.05, 0.1) is 0 Å². The molecule has 4 rings (SSSR count). The van der Waals surface area contributed by atoms with Gasteiger partial charge in [-0.25, -0.2) is 0 Å². The van der Waals surface area contributed by atoms with Gasteiger partial charge in [-0.3, -0.25) is 4.90 Å². The summed E-state index contributed by atoms with van der Waals surface area (Å²) in [5.41, 5.74) is 2.83. The molecule has 0 radical (unpaired) electrons. The van der Waals surface area contributed by atoms with Crippen LogP contribution in [0.1, 0.15) is 44.1 Å². The molecule has 2 nitrogen and oxygen atoms in total. The maximum Gasteiger partial charge on any atom is 0.102 e. The minimum Gasteiger partial charge on any atom is -0.384 e. The standard InChI is InChI=1S/C23H29NO/c25-23(15-6-16-24(18-23)17-19-7-4-5-8-19)22-13-11-21(12-14-22)20-9-2-1-3-10-20/h1-3,9-14,19,25H,4-8,15-18H2. The molecule has 2 aromatic rings. The molecule has 2 heteroatoms. The van der Waals surface area contributed by atoms with Gasteiger partial charge in [-0.2, -0.15) is 0 Å². The highest BCUT2D eigenvalue weighted by atomic mass is 16.3. The van der Waals surface area contributed by atoms with Crippen molar-refractivity contribution < 1.29 is 5.11 Å². The van der Waals surface area contributed by atoms with Crippen LogP contribution >= 0.6 is 0 Å².